The fraction of sp³-hybridized carbons (Fsp3) is 0.294. The summed E-state index contributed by atoms with van der Waals surface area (Å²) >= 11 is 0. The fourth-order valence-electron chi connectivity index (χ4n) is 2.28. The number of hydrogen-bond donors (Lipinski definition) is 0. The van der Waals surface area contributed by atoms with E-state index in [1.165, 1.54) is 0 Å². The van der Waals surface area contributed by atoms with E-state index in [1.807, 2.05) is 42.5 Å². The number of benzene rings is 2. The first-order valence-electron chi connectivity index (χ1n) is 6.91. The molecule has 108 valence electrons. The van der Waals surface area contributed by atoms with Gasteiger partial charge in [0.2, 0.25) is 0 Å². The topological polar surface area (TPSA) is 53.3 Å². The van der Waals surface area contributed by atoms with E-state index in [-0.39, 0.29) is 5.91 Å². The highest BCUT2D eigenvalue weighted by atomic mass is 16.5. The van der Waals surface area contributed by atoms with E-state index < -0.39 is 0 Å². The molecule has 0 saturated carbocycles. The van der Waals surface area contributed by atoms with E-state index in [9.17, 15) is 4.79 Å². The number of nitriles is 1. The Kier molecular flexibility index (Phi) is 5.30. The maximum absolute atomic E-state index is 12.7. The first-order valence-corrected chi connectivity index (χ1v) is 6.91. The molecule has 0 aliphatic heterocycles. The largest absolute Gasteiger partial charge is 0.383 e. The van der Waals surface area contributed by atoms with Crippen molar-refractivity contribution >= 4 is 16.7 Å². The Hall–Kier alpha value is -2.38. The van der Waals surface area contributed by atoms with Crippen LogP contribution in [0.3, 0.4) is 0 Å². The normalized spacial score (nSPS) is 10.3. The van der Waals surface area contributed by atoms with Gasteiger partial charge in [-0.25, -0.2) is 0 Å². The number of amides is 1. The maximum atomic E-state index is 12.7. The van der Waals surface area contributed by atoms with E-state index >= 15 is 0 Å². The van der Waals surface area contributed by atoms with Crippen molar-refractivity contribution in [1.29, 1.82) is 5.26 Å². The molecule has 0 saturated heterocycles. The second kappa shape index (κ2) is 7.41. The van der Waals surface area contributed by atoms with Crippen molar-refractivity contribution in [3.8, 4) is 6.07 Å². The van der Waals surface area contributed by atoms with Crippen molar-refractivity contribution in [2.24, 2.45) is 0 Å². The predicted molar refractivity (Wildman–Crippen MR) is 82.0 cm³/mol. The smallest absolute Gasteiger partial charge is 0.254 e. The quantitative estimate of drug-likeness (QED) is 0.818. The van der Waals surface area contributed by atoms with Crippen molar-refractivity contribution in [1.82, 2.24) is 4.90 Å². The summed E-state index contributed by atoms with van der Waals surface area (Å²) in [5.41, 5.74) is 0.669. The summed E-state index contributed by atoms with van der Waals surface area (Å²) in [6.07, 6.45) is 0.320. The van der Waals surface area contributed by atoms with E-state index in [1.54, 1.807) is 12.0 Å². The zero-order valence-corrected chi connectivity index (χ0v) is 12.1. The van der Waals surface area contributed by atoms with Crippen LogP contribution in [0, 0.1) is 11.3 Å². The Morgan fingerprint density at radius 2 is 1.95 bits per heavy atom. The molecule has 21 heavy (non-hydrogen) atoms. The van der Waals surface area contributed by atoms with Crippen molar-refractivity contribution in [2.45, 2.75) is 6.42 Å². The molecule has 2 aromatic carbocycles. The highest BCUT2D eigenvalue weighted by Crippen LogP contribution is 2.20. The number of carbonyl (C=O) groups is 1. The highest BCUT2D eigenvalue weighted by molar-refractivity contribution is 6.07. The summed E-state index contributed by atoms with van der Waals surface area (Å²) in [7, 11) is 1.60. The summed E-state index contributed by atoms with van der Waals surface area (Å²) in [6.45, 7) is 1.37. The minimum absolute atomic E-state index is 0.0564. The van der Waals surface area contributed by atoms with E-state index in [4.69, 9.17) is 10.00 Å². The number of hydrogen-bond acceptors (Lipinski definition) is 3. The van der Waals surface area contributed by atoms with Gasteiger partial charge < -0.3 is 9.64 Å². The maximum Gasteiger partial charge on any atom is 0.254 e. The molecule has 0 aliphatic carbocycles. The molecule has 1 amide bonds. The lowest BCUT2D eigenvalue weighted by atomic mass is 10.0. The molecule has 0 atom stereocenters. The molecule has 0 fully saturated rings. The van der Waals surface area contributed by atoms with Crippen LogP contribution >= 0.6 is 0 Å². The lowest BCUT2D eigenvalue weighted by Gasteiger charge is -2.22. The number of nitrogens with zero attached hydrogens (tertiary/aromatic N) is 2. The minimum atomic E-state index is -0.0564. The Morgan fingerprint density at radius 3 is 2.71 bits per heavy atom. The Morgan fingerprint density at radius 1 is 1.19 bits per heavy atom. The SMILES string of the molecule is COCCN(CCC#N)C(=O)c1cccc2ccccc12. The second-order valence-corrected chi connectivity index (χ2v) is 4.72. The van der Waals surface area contributed by atoms with Crippen LogP contribution in [0.2, 0.25) is 0 Å². The molecule has 0 unspecified atom stereocenters. The minimum Gasteiger partial charge on any atom is -0.383 e. The van der Waals surface area contributed by atoms with Gasteiger partial charge in [-0.15, -0.1) is 0 Å². The summed E-state index contributed by atoms with van der Waals surface area (Å²) in [6, 6.07) is 15.6. The first kappa shape index (κ1) is 15.0. The van der Waals surface area contributed by atoms with E-state index in [0.29, 0.717) is 31.7 Å². The molecule has 2 aromatic rings. The Bertz CT molecular complexity index is 656. The van der Waals surface area contributed by atoms with E-state index in [2.05, 4.69) is 6.07 Å². The molecule has 0 aromatic heterocycles. The molecule has 4 nitrogen and oxygen atoms in total. The van der Waals surface area contributed by atoms with Crippen molar-refractivity contribution in [2.75, 3.05) is 26.8 Å². The Labute approximate surface area is 124 Å². The monoisotopic (exact) mass is 282 g/mol. The van der Waals surface area contributed by atoms with Crippen LogP contribution in [0.1, 0.15) is 16.8 Å². The van der Waals surface area contributed by atoms with Gasteiger partial charge in [-0.3, -0.25) is 4.79 Å². The van der Waals surface area contributed by atoms with Crippen LogP contribution in [-0.2, 0) is 4.74 Å². The highest BCUT2D eigenvalue weighted by Gasteiger charge is 2.17. The molecule has 0 spiro atoms. The van der Waals surface area contributed by atoms with Gasteiger partial charge in [0.1, 0.15) is 0 Å². The van der Waals surface area contributed by atoms with Gasteiger partial charge in [-0.1, -0.05) is 36.4 Å². The van der Waals surface area contributed by atoms with Gasteiger partial charge >= 0.3 is 0 Å². The van der Waals surface area contributed by atoms with Gasteiger partial charge in [0.15, 0.2) is 0 Å². The van der Waals surface area contributed by atoms with Crippen LogP contribution in [0.5, 0.6) is 0 Å². The molecule has 0 bridgehead atoms. The van der Waals surface area contributed by atoms with Gasteiger partial charge in [0.25, 0.3) is 5.91 Å². The van der Waals surface area contributed by atoms with Gasteiger partial charge in [-0.05, 0) is 16.8 Å². The third kappa shape index (κ3) is 3.59. The molecule has 2 rings (SSSR count). The van der Waals surface area contributed by atoms with Gasteiger partial charge in [0.05, 0.1) is 19.1 Å². The number of ether oxygens (including phenoxy) is 1. The zero-order valence-electron chi connectivity index (χ0n) is 12.1. The van der Waals surface area contributed by atoms with Crippen LogP contribution in [0.25, 0.3) is 10.8 Å². The second-order valence-electron chi connectivity index (χ2n) is 4.72. The average molecular weight is 282 g/mol. The predicted octanol–water partition coefficient (Wildman–Crippen LogP) is 2.84. The first-order chi connectivity index (χ1) is 10.3. The third-order valence-electron chi connectivity index (χ3n) is 3.37. The van der Waals surface area contributed by atoms with Crippen molar-refractivity contribution < 1.29 is 9.53 Å². The molecule has 0 heterocycles. The average Bonchev–Trinajstić information content (AvgIpc) is 2.54. The third-order valence-corrected chi connectivity index (χ3v) is 3.37. The number of methoxy groups -OCH3 is 1. The van der Waals surface area contributed by atoms with Crippen LogP contribution in [0.4, 0.5) is 0 Å². The summed E-state index contributed by atoms with van der Waals surface area (Å²) < 4.78 is 5.05. The number of fused-ring (bicyclic) bond motifs is 1. The summed E-state index contributed by atoms with van der Waals surface area (Å²) in [5.74, 6) is -0.0564. The summed E-state index contributed by atoms with van der Waals surface area (Å²) in [4.78, 5) is 14.4. The molecular formula is C17H18N2O2. The zero-order chi connectivity index (χ0) is 15.1. The summed E-state index contributed by atoms with van der Waals surface area (Å²) in [5, 5.41) is 10.7. The number of rotatable bonds is 6. The molecule has 0 aliphatic rings. The molecule has 0 N–H and O–H groups in total. The van der Waals surface area contributed by atoms with Crippen LogP contribution in [0.15, 0.2) is 42.5 Å². The fourth-order valence-corrected chi connectivity index (χ4v) is 2.28. The lowest BCUT2D eigenvalue weighted by Crippen LogP contribution is -2.34. The van der Waals surface area contributed by atoms with Crippen molar-refractivity contribution in [3.63, 3.8) is 0 Å². The van der Waals surface area contributed by atoms with E-state index in [0.717, 1.165) is 10.8 Å². The molecule has 0 radical (unpaired) electrons. The van der Waals surface area contributed by atoms with Gasteiger partial charge in [0, 0.05) is 25.8 Å². The molecule has 4 heteroatoms. The van der Waals surface area contributed by atoms with Crippen LogP contribution < -0.4 is 0 Å². The standard InChI is InChI=1S/C17H18N2O2/c1-21-13-12-19(11-5-10-18)17(20)16-9-4-7-14-6-2-3-8-15(14)16/h2-4,6-9H,5,11-13H2,1H3. The van der Waals surface area contributed by atoms with Crippen molar-refractivity contribution in [3.05, 3.63) is 48.0 Å². The van der Waals surface area contributed by atoms with Gasteiger partial charge in [-0.2, -0.15) is 5.26 Å². The molecular weight excluding hydrogens is 264 g/mol. The lowest BCUT2D eigenvalue weighted by molar-refractivity contribution is 0.0702. The Balaban J connectivity index is 2.31. The number of carbonyl (C=O) groups excluding carboxylic acids is 1. The van der Waals surface area contributed by atoms with Crippen LogP contribution in [-0.4, -0.2) is 37.6 Å².